The van der Waals surface area contributed by atoms with Crippen LogP contribution in [0.25, 0.3) is 10.6 Å². The molecule has 0 saturated heterocycles. The fourth-order valence-corrected chi connectivity index (χ4v) is 3.91. The predicted octanol–water partition coefficient (Wildman–Crippen LogP) is 4.11. The van der Waals surface area contributed by atoms with Gasteiger partial charge in [0.05, 0.1) is 12.1 Å². The first kappa shape index (κ1) is 15.2. The summed E-state index contributed by atoms with van der Waals surface area (Å²) in [6.45, 7) is 2.05. The van der Waals surface area contributed by atoms with Crippen molar-refractivity contribution in [1.29, 1.82) is 0 Å². The van der Waals surface area contributed by atoms with Crippen LogP contribution >= 0.6 is 11.3 Å². The first-order valence-electron chi connectivity index (χ1n) is 8.03. The number of thiazole rings is 1. The summed E-state index contributed by atoms with van der Waals surface area (Å²) in [7, 11) is 0. The number of benzene rings is 1. The predicted molar refractivity (Wildman–Crippen MR) is 91.0 cm³/mol. The average Bonchev–Trinajstić information content (AvgIpc) is 2.90. The third-order valence-electron chi connectivity index (χ3n) is 4.21. The van der Waals surface area contributed by atoms with Crippen LogP contribution in [-0.2, 0) is 11.2 Å². The zero-order valence-electron chi connectivity index (χ0n) is 13.0. The van der Waals surface area contributed by atoms with Gasteiger partial charge in [0.2, 0.25) is 5.91 Å². The van der Waals surface area contributed by atoms with Crippen LogP contribution < -0.4 is 5.32 Å². The zero-order valence-corrected chi connectivity index (χ0v) is 13.8. The Bertz CT molecular complexity index is 630. The number of carbonyl (C=O) groups excluding carboxylic acids is 1. The van der Waals surface area contributed by atoms with E-state index in [-0.39, 0.29) is 5.91 Å². The molecule has 1 amide bonds. The molecule has 0 aliphatic heterocycles. The Hall–Kier alpha value is -1.68. The van der Waals surface area contributed by atoms with Gasteiger partial charge in [0.25, 0.3) is 0 Å². The number of hydrogen-bond acceptors (Lipinski definition) is 3. The van der Waals surface area contributed by atoms with Gasteiger partial charge in [-0.05, 0) is 19.8 Å². The number of aromatic nitrogens is 1. The van der Waals surface area contributed by atoms with E-state index in [4.69, 9.17) is 0 Å². The minimum absolute atomic E-state index is 0.111. The highest BCUT2D eigenvalue weighted by Crippen LogP contribution is 2.27. The van der Waals surface area contributed by atoms with Crippen molar-refractivity contribution in [2.24, 2.45) is 0 Å². The topological polar surface area (TPSA) is 42.0 Å². The summed E-state index contributed by atoms with van der Waals surface area (Å²) in [6.07, 6.45) is 6.41. The third-order valence-corrected chi connectivity index (χ3v) is 5.27. The maximum atomic E-state index is 12.2. The molecule has 3 nitrogen and oxygen atoms in total. The monoisotopic (exact) mass is 314 g/mol. The minimum Gasteiger partial charge on any atom is -0.353 e. The summed E-state index contributed by atoms with van der Waals surface area (Å²) in [6, 6.07) is 10.5. The molecule has 0 unspecified atom stereocenters. The molecule has 0 atom stereocenters. The molecule has 1 aromatic carbocycles. The molecule has 0 bridgehead atoms. The normalized spacial score (nSPS) is 15.7. The zero-order chi connectivity index (χ0) is 15.4. The van der Waals surface area contributed by atoms with Crippen molar-refractivity contribution in [3.63, 3.8) is 0 Å². The van der Waals surface area contributed by atoms with Gasteiger partial charge in [0, 0.05) is 16.5 Å². The van der Waals surface area contributed by atoms with Crippen molar-refractivity contribution in [2.75, 3.05) is 0 Å². The summed E-state index contributed by atoms with van der Waals surface area (Å²) in [5.74, 6) is 0.111. The fraction of sp³-hybridized carbons (Fsp3) is 0.444. The Morgan fingerprint density at radius 2 is 1.95 bits per heavy atom. The molecule has 3 rings (SSSR count). The first-order chi connectivity index (χ1) is 10.7. The Kier molecular flexibility index (Phi) is 4.88. The van der Waals surface area contributed by atoms with Gasteiger partial charge < -0.3 is 5.32 Å². The van der Waals surface area contributed by atoms with Gasteiger partial charge in [-0.2, -0.15) is 0 Å². The van der Waals surface area contributed by atoms with Crippen LogP contribution in [0, 0.1) is 6.92 Å². The molecule has 1 aliphatic carbocycles. The minimum atomic E-state index is 0.111. The second-order valence-corrected chi connectivity index (χ2v) is 7.17. The molecular weight excluding hydrogens is 292 g/mol. The first-order valence-corrected chi connectivity index (χ1v) is 8.85. The molecule has 4 heteroatoms. The van der Waals surface area contributed by atoms with Crippen molar-refractivity contribution >= 4 is 17.2 Å². The molecule has 1 fully saturated rings. The molecule has 22 heavy (non-hydrogen) atoms. The Morgan fingerprint density at radius 3 is 2.68 bits per heavy atom. The molecule has 0 spiro atoms. The van der Waals surface area contributed by atoms with E-state index < -0.39 is 0 Å². The van der Waals surface area contributed by atoms with Gasteiger partial charge >= 0.3 is 0 Å². The number of amides is 1. The van der Waals surface area contributed by atoms with Crippen molar-refractivity contribution in [2.45, 2.75) is 51.5 Å². The number of hydrogen-bond donors (Lipinski definition) is 1. The molecule has 0 radical (unpaired) electrons. The summed E-state index contributed by atoms with van der Waals surface area (Å²) < 4.78 is 0. The molecule has 1 N–H and O–H groups in total. The molecule has 2 aromatic rings. The highest BCUT2D eigenvalue weighted by Gasteiger charge is 2.18. The van der Waals surface area contributed by atoms with E-state index in [1.165, 1.54) is 19.3 Å². The van der Waals surface area contributed by atoms with Crippen LogP contribution in [0.1, 0.15) is 42.7 Å². The number of aryl methyl sites for hydroxylation is 1. The average molecular weight is 314 g/mol. The van der Waals surface area contributed by atoms with Crippen molar-refractivity contribution in [3.8, 4) is 10.6 Å². The van der Waals surface area contributed by atoms with Crippen LogP contribution in [0.3, 0.4) is 0 Å². The summed E-state index contributed by atoms with van der Waals surface area (Å²) in [5.41, 5.74) is 2.03. The van der Waals surface area contributed by atoms with Gasteiger partial charge in [0.15, 0.2) is 0 Å². The molecule has 1 heterocycles. The van der Waals surface area contributed by atoms with Crippen molar-refractivity contribution in [1.82, 2.24) is 10.3 Å². The van der Waals surface area contributed by atoms with E-state index in [2.05, 4.69) is 22.4 Å². The second kappa shape index (κ2) is 7.05. The Labute approximate surface area is 135 Å². The lowest BCUT2D eigenvalue weighted by Crippen LogP contribution is -2.37. The fourth-order valence-electron chi connectivity index (χ4n) is 2.97. The largest absolute Gasteiger partial charge is 0.353 e. The standard InChI is InChI=1S/C18H22N2OS/c1-13-16(12-17(21)19-15-10-6-3-7-11-15)20-18(22-13)14-8-4-2-5-9-14/h2,4-5,8-9,15H,3,6-7,10-12H2,1H3,(H,19,21). The molecule has 116 valence electrons. The second-order valence-electron chi connectivity index (χ2n) is 5.97. The van der Waals surface area contributed by atoms with E-state index in [0.29, 0.717) is 12.5 Å². The van der Waals surface area contributed by atoms with Crippen molar-refractivity contribution < 1.29 is 4.79 Å². The van der Waals surface area contributed by atoms with Crippen molar-refractivity contribution in [3.05, 3.63) is 40.9 Å². The van der Waals surface area contributed by atoms with Crippen LogP contribution in [0.4, 0.5) is 0 Å². The van der Waals surface area contributed by atoms with Gasteiger partial charge in [-0.25, -0.2) is 4.98 Å². The van der Waals surface area contributed by atoms with Crippen LogP contribution in [0.5, 0.6) is 0 Å². The lowest BCUT2D eigenvalue weighted by Gasteiger charge is -2.22. The lowest BCUT2D eigenvalue weighted by atomic mass is 9.95. The van der Waals surface area contributed by atoms with E-state index in [9.17, 15) is 4.79 Å². The van der Waals surface area contributed by atoms with Crippen LogP contribution in [0.15, 0.2) is 30.3 Å². The number of carbonyl (C=O) groups is 1. The SMILES string of the molecule is Cc1sc(-c2ccccc2)nc1CC(=O)NC1CCCCC1. The lowest BCUT2D eigenvalue weighted by molar-refractivity contribution is -0.121. The van der Waals surface area contributed by atoms with Gasteiger partial charge in [-0.3, -0.25) is 4.79 Å². The maximum absolute atomic E-state index is 12.2. The summed E-state index contributed by atoms with van der Waals surface area (Å²) >= 11 is 1.66. The van der Waals surface area contributed by atoms with Crippen LogP contribution in [-0.4, -0.2) is 16.9 Å². The van der Waals surface area contributed by atoms with Gasteiger partial charge in [-0.15, -0.1) is 11.3 Å². The Balaban J connectivity index is 1.65. The van der Waals surface area contributed by atoms with Crippen LogP contribution in [0.2, 0.25) is 0 Å². The van der Waals surface area contributed by atoms with Gasteiger partial charge in [-0.1, -0.05) is 49.6 Å². The van der Waals surface area contributed by atoms with E-state index in [0.717, 1.165) is 34.0 Å². The maximum Gasteiger partial charge on any atom is 0.226 e. The van der Waals surface area contributed by atoms with Gasteiger partial charge in [0.1, 0.15) is 5.01 Å². The highest BCUT2D eigenvalue weighted by molar-refractivity contribution is 7.15. The third kappa shape index (κ3) is 3.74. The Morgan fingerprint density at radius 1 is 1.23 bits per heavy atom. The summed E-state index contributed by atoms with van der Waals surface area (Å²) in [4.78, 5) is 18.0. The van der Waals surface area contributed by atoms with E-state index in [1.807, 2.05) is 25.1 Å². The van der Waals surface area contributed by atoms with E-state index in [1.54, 1.807) is 11.3 Å². The molecule has 1 saturated carbocycles. The molecular formula is C18H22N2OS. The number of nitrogens with zero attached hydrogens (tertiary/aromatic N) is 1. The quantitative estimate of drug-likeness (QED) is 0.922. The molecule has 1 aromatic heterocycles. The smallest absolute Gasteiger partial charge is 0.226 e. The number of rotatable bonds is 4. The van der Waals surface area contributed by atoms with E-state index >= 15 is 0 Å². The number of nitrogens with one attached hydrogen (secondary N) is 1. The highest BCUT2D eigenvalue weighted by atomic mass is 32.1. The summed E-state index contributed by atoms with van der Waals surface area (Å²) in [5, 5.41) is 4.17. The molecule has 1 aliphatic rings.